The summed E-state index contributed by atoms with van der Waals surface area (Å²) in [5, 5.41) is 0. The van der Waals surface area contributed by atoms with Crippen LogP contribution in [-0.2, 0) is 0 Å². The quantitative estimate of drug-likeness (QED) is 0.839. The lowest BCUT2D eigenvalue weighted by atomic mass is 10.3. The molecule has 2 aromatic rings. The highest BCUT2D eigenvalue weighted by atomic mass is 79.9. The van der Waals surface area contributed by atoms with Crippen LogP contribution < -0.4 is 4.74 Å². The molecule has 0 saturated carbocycles. The summed E-state index contributed by atoms with van der Waals surface area (Å²) in [6.07, 6.45) is 3.14. The summed E-state index contributed by atoms with van der Waals surface area (Å²) in [4.78, 5) is 7.78. The Labute approximate surface area is 94.1 Å². The molecule has 76 valence electrons. The molecule has 0 radical (unpaired) electrons. The smallest absolute Gasteiger partial charge is 0.321 e. The van der Waals surface area contributed by atoms with Crippen LogP contribution >= 0.6 is 15.9 Å². The van der Waals surface area contributed by atoms with Gasteiger partial charge < -0.3 is 4.74 Å². The molecule has 1 aromatic heterocycles. The number of hydrogen-bond acceptors (Lipinski definition) is 3. The van der Waals surface area contributed by atoms with E-state index >= 15 is 0 Å². The average Bonchev–Trinajstić information content (AvgIpc) is 2.24. The highest BCUT2D eigenvalue weighted by molar-refractivity contribution is 9.10. The first-order valence-electron chi connectivity index (χ1n) is 4.15. The van der Waals surface area contributed by atoms with Crippen LogP contribution in [0.3, 0.4) is 0 Å². The molecule has 0 unspecified atom stereocenters. The minimum Gasteiger partial charge on any atom is -0.423 e. The van der Waals surface area contributed by atoms with Crippen LogP contribution in [0.25, 0.3) is 0 Å². The van der Waals surface area contributed by atoms with Gasteiger partial charge in [0.2, 0.25) is 0 Å². The standard InChI is InChI=1S/C10H6BrFN2O/c11-8-6-7(12)2-3-9(8)15-10-13-4-1-5-14-10/h1-6H. The van der Waals surface area contributed by atoms with E-state index in [0.29, 0.717) is 10.2 Å². The van der Waals surface area contributed by atoms with Crippen molar-refractivity contribution in [3.05, 3.63) is 46.9 Å². The Kier molecular flexibility index (Phi) is 2.91. The fraction of sp³-hybridized carbons (Fsp3) is 0. The number of rotatable bonds is 2. The molecule has 0 amide bonds. The number of halogens is 2. The number of nitrogens with zero attached hydrogens (tertiary/aromatic N) is 2. The first-order valence-corrected chi connectivity index (χ1v) is 4.95. The molecule has 0 fully saturated rings. The number of ether oxygens (including phenoxy) is 1. The Morgan fingerprint density at radius 2 is 1.93 bits per heavy atom. The molecule has 5 heteroatoms. The second kappa shape index (κ2) is 4.35. The first kappa shape index (κ1) is 10.0. The minimum absolute atomic E-state index is 0.227. The molecule has 0 bridgehead atoms. The van der Waals surface area contributed by atoms with E-state index in [1.807, 2.05) is 0 Å². The van der Waals surface area contributed by atoms with Crippen LogP contribution in [0.4, 0.5) is 4.39 Å². The van der Waals surface area contributed by atoms with Crippen LogP contribution in [0, 0.1) is 5.82 Å². The molecule has 0 aliphatic heterocycles. The monoisotopic (exact) mass is 268 g/mol. The van der Waals surface area contributed by atoms with Gasteiger partial charge in [0.1, 0.15) is 11.6 Å². The minimum atomic E-state index is -0.330. The summed E-state index contributed by atoms with van der Waals surface area (Å²) >= 11 is 3.18. The lowest BCUT2D eigenvalue weighted by Crippen LogP contribution is -1.91. The zero-order chi connectivity index (χ0) is 10.7. The van der Waals surface area contributed by atoms with Gasteiger partial charge in [0.25, 0.3) is 0 Å². The maximum atomic E-state index is 12.8. The van der Waals surface area contributed by atoms with Gasteiger partial charge in [0.05, 0.1) is 4.47 Å². The van der Waals surface area contributed by atoms with Crippen molar-refractivity contribution in [2.45, 2.75) is 0 Å². The van der Waals surface area contributed by atoms with Gasteiger partial charge in [-0.2, -0.15) is 0 Å². The van der Waals surface area contributed by atoms with Gasteiger partial charge >= 0.3 is 6.01 Å². The lowest BCUT2D eigenvalue weighted by Gasteiger charge is -2.04. The second-order valence-corrected chi connectivity index (χ2v) is 3.56. The Morgan fingerprint density at radius 3 is 2.60 bits per heavy atom. The third kappa shape index (κ3) is 2.50. The molecule has 0 atom stereocenters. The molecule has 15 heavy (non-hydrogen) atoms. The van der Waals surface area contributed by atoms with Crippen molar-refractivity contribution in [3.63, 3.8) is 0 Å². The maximum absolute atomic E-state index is 12.8. The molecule has 1 aromatic carbocycles. The third-order valence-corrected chi connectivity index (χ3v) is 2.26. The van der Waals surface area contributed by atoms with Crippen molar-refractivity contribution in [2.24, 2.45) is 0 Å². The van der Waals surface area contributed by atoms with Crippen molar-refractivity contribution in [3.8, 4) is 11.8 Å². The van der Waals surface area contributed by atoms with Gasteiger partial charge in [-0.1, -0.05) is 0 Å². The molecule has 0 aliphatic rings. The Hall–Kier alpha value is -1.49. The molecule has 1 heterocycles. The number of aromatic nitrogens is 2. The molecule has 0 N–H and O–H groups in total. The normalized spacial score (nSPS) is 10.0. The van der Waals surface area contributed by atoms with Crippen LogP contribution in [0.15, 0.2) is 41.1 Å². The predicted octanol–water partition coefficient (Wildman–Crippen LogP) is 3.17. The SMILES string of the molecule is Fc1ccc(Oc2ncccn2)c(Br)c1. The fourth-order valence-electron chi connectivity index (χ4n) is 0.994. The second-order valence-electron chi connectivity index (χ2n) is 2.71. The summed E-state index contributed by atoms with van der Waals surface area (Å²) in [7, 11) is 0. The summed E-state index contributed by atoms with van der Waals surface area (Å²) in [5.41, 5.74) is 0. The van der Waals surface area contributed by atoms with E-state index in [-0.39, 0.29) is 11.8 Å². The largest absolute Gasteiger partial charge is 0.423 e. The molecule has 0 spiro atoms. The van der Waals surface area contributed by atoms with Gasteiger partial charge in [-0.3, -0.25) is 0 Å². The van der Waals surface area contributed by atoms with E-state index in [0.717, 1.165) is 0 Å². The van der Waals surface area contributed by atoms with E-state index < -0.39 is 0 Å². The highest BCUT2D eigenvalue weighted by Gasteiger charge is 2.04. The van der Waals surface area contributed by atoms with Crippen LogP contribution in [0.5, 0.6) is 11.8 Å². The zero-order valence-electron chi connectivity index (χ0n) is 7.52. The lowest BCUT2D eigenvalue weighted by molar-refractivity contribution is 0.437. The molecular formula is C10H6BrFN2O. The van der Waals surface area contributed by atoms with E-state index in [1.54, 1.807) is 18.5 Å². The third-order valence-electron chi connectivity index (χ3n) is 1.64. The van der Waals surface area contributed by atoms with E-state index in [2.05, 4.69) is 25.9 Å². The van der Waals surface area contributed by atoms with Crippen molar-refractivity contribution >= 4 is 15.9 Å². The summed E-state index contributed by atoms with van der Waals surface area (Å²) in [5.74, 6) is 0.144. The van der Waals surface area contributed by atoms with E-state index in [9.17, 15) is 4.39 Å². The molecule has 0 aliphatic carbocycles. The Bertz CT molecular complexity index is 464. The van der Waals surface area contributed by atoms with E-state index in [1.165, 1.54) is 18.2 Å². The molecule has 3 nitrogen and oxygen atoms in total. The summed E-state index contributed by atoms with van der Waals surface area (Å²) < 4.78 is 18.6. The van der Waals surface area contributed by atoms with Crippen LogP contribution in [0.1, 0.15) is 0 Å². The van der Waals surface area contributed by atoms with Crippen LogP contribution in [-0.4, -0.2) is 9.97 Å². The van der Waals surface area contributed by atoms with Crippen molar-refractivity contribution in [1.29, 1.82) is 0 Å². The zero-order valence-corrected chi connectivity index (χ0v) is 9.11. The van der Waals surface area contributed by atoms with Gasteiger partial charge in [0.15, 0.2) is 0 Å². The number of hydrogen-bond donors (Lipinski definition) is 0. The average molecular weight is 269 g/mol. The van der Waals surface area contributed by atoms with Gasteiger partial charge in [-0.25, -0.2) is 14.4 Å². The van der Waals surface area contributed by atoms with Gasteiger partial charge in [-0.15, -0.1) is 0 Å². The van der Waals surface area contributed by atoms with E-state index in [4.69, 9.17) is 4.74 Å². The summed E-state index contributed by atoms with van der Waals surface area (Å²) in [6, 6.07) is 6.05. The fourth-order valence-corrected chi connectivity index (χ4v) is 1.43. The maximum Gasteiger partial charge on any atom is 0.321 e. The Balaban J connectivity index is 2.25. The topological polar surface area (TPSA) is 35.0 Å². The van der Waals surface area contributed by atoms with Crippen LogP contribution in [0.2, 0.25) is 0 Å². The first-order chi connectivity index (χ1) is 7.25. The Morgan fingerprint density at radius 1 is 1.20 bits per heavy atom. The number of benzene rings is 1. The van der Waals surface area contributed by atoms with Gasteiger partial charge in [0, 0.05) is 12.4 Å². The molecular weight excluding hydrogens is 263 g/mol. The van der Waals surface area contributed by atoms with Gasteiger partial charge in [-0.05, 0) is 40.2 Å². The highest BCUT2D eigenvalue weighted by Crippen LogP contribution is 2.28. The summed E-state index contributed by atoms with van der Waals surface area (Å²) in [6.45, 7) is 0. The van der Waals surface area contributed by atoms with Crippen molar-refractivity contribution in [2.75, 3.05) is 0 Å². The molecule has 0 saturated heterocycles. The van der Waals surface area contributed by atoms with Crippen molar-refractivity contribution in [1.82, 2.24) is 9.97 Å². The van der Waals surface area contributed by atoms with Crippen molar-refractivity contribution < 1.29 is 9.13 Å². The molecule has 2 rings (SSSR count). The predicted molar refractivity (Wildman–Crippen MR) is 56.2 cm³/mol.